The lowest BCUT2D eigenvalue weighted by atomic mass is 9.88. The minimum atomic E-state index is -0.758. The third kappa shape index (κ3) is 3.51. The molecular formula is C21H19N3O4. The van der Waals surface area contributed by atoms with Crippen LogP contribution in [0.2, 0.25) is 0 Å². The molecule has 1 aliphatic carbocycles. The van der Waals surface area contributed by atoms with E-state index in [1.54, 1.807) is 24.3 Å². The molecule has 1 aliphatic rings. The summed E-state index contributed by atoms with van der Waals surface area (Å²) < 4.78 is 5.13. The van der Waals surface area contributed by atoms with E-state index in [0.29, 0.717) is 10.8 Å². The van der Waals surface area contributed by atoms with Crippen molar-refractivity contribution in [2.75, 3.05) is 6.61 Å². The Bertz CT molecular complexity index is 1110. The molecular weight excluding hydrogens is 358 g/mol. The molecule has 0 unspecified atom stereocenters. The van der Waals surface area contributed by atoms with Crippen LogP contribution in [0.4, 0.5) is 0 Å². The number of rotatable bonds is 4. The molecule has 0 saturated heterocycles. The second-order valence-electron chi connectivity index (χ2n) is 6.73. The van der Waals surface area contributed by atoms with Gasteiger partial charge in [0.25, 0.3) is 11.5 Å². The van der Waals surface area contributed by atoms with E-state index in [9.17, 15) is 14.4 Å². The van der Waals surface area contributed by atoms with Crippen molar-refractivity contribution in [3.8, 4) is 0 Å². The van der Waals surface area contributed by atoms with E-state index < -0.39 is 12.6 Å². The summed E-state index contributed by atoms with van der Waals surface area (Å²) in [5.74, 6) is -1.13. The van der Waals surface area contributed by atoms with Gasteiger partial charge in [-0.15, -0.1) is 0 Å². The van der Waals surface area contributed by atoms with Crippen molar-refractivity contribution in [2.24, 2.45) is 0 Å². The minimum Gasteiger partial charge on any atom is -0.451 e. The van der Waals surface area contributed by atoms with E-state index in [0.717, 1.165) is 24.8 Å². The van der Waals surface area contributed by atoms with Crippen LogP contribution in [-0.4, -0.2) is 28.7 Å². The van der Waals surface area contributed by atoms with Gasteiger partial charge in [-0.05, 0) is 36.5 Å². The number of benzene rings is 2. The Morgan fingerprint density at radius 1 is 1.11 bits per heavy atom. The molecule has 0 aliphatic heterocycles. The first-order chi connectivity index (χ1) is 13.6. The van der Waals surface area contributed by atoms with E-state index in [2.05, 4.69) is 21.6 Å². The Kier molecular flexibility index (Phi) is 4.89. The van der Waals surface area contributed by atoms with Gasteiger partial charge < -0.3 is 10.1 Å². The number of fused-ring (bicyclic) bond motifs is 2. The number of aromatic nitrogens is 2. The quantitative estimate of drug-likeness (QED) is 0.679. The van der Waals surface area contributed by atoms with Crippen molar-refractivity contribution in [2.45, 2.75) is 25.3 Å². The maximum atomic E-state index is 12.4. The second-order valence-corrected chi connectivity index (χ2v) is 6.73. The van der Waals surface area contributed by atoms with Crippen LogP contribution < -0.4 is 10.9 Å². The fraction of sp³-hybridized carbons (Fsp3) is 0.238. The molecule has 142 valence electrons. The number of hydrogen-bond donors (Lipinski definition) is 2. The van der Waals surface area contributed by atoms with Gasteiger partial charge in [0.15, 0.2) is 12.3 Å². The van der Waals surface area contributed by atoms with E-state index in [1.165, 1.54) is 5.56 Å². The molecule has 0 saturated carbocycles. The number of nitrogens with zero attached hydrogens (tertiary/aromatic N) is 1. The van der Waals surface area contributed by atoms with Crippen LogP contribution in [0, 0.1) is 0 Å². The third-order valence-corrected chi connectivity index (χ3v) is 4.93. The third-order valence-electron chi connectivity index (χ3n) is 4.93. The van der Waals surface area contributed by atoms with E-state index in [4.69, 9.17) is 4.74 Å². The van der Waals surface area contributed by atoms with Crippen LogP contribution in [0.25, 0.3) is 10.8 Å². The predicted molar refractivity (Wildman–Crippen MR) is 103 cm³/mol. The highest BCUT2D eigenvalue weighted by Crippen LogP contribution is 2.29. The molecule has 2 aromatic carbocycles. The highest BCUT2D eigenvalue weighted by Gasteiger charge is 2.22. The number of aromatic amines is 1. The molecule has 1 aromatic heterocycles. The fourth-order valence-electron chi connectivity index (χ4n) is 3.61. The maximum absolute atomic E-state index is 12.4. The van der Waals surface area contributed by atoms with Gasteiger partial charge in [-0.25, -0.2) is 9.89 Å². The highest BCUT2D eigenvalue weighted by molar-refractivity contribution is 6.02. The fourth-order valence-corrected chi connectivity index (χ4v) is 3.61. The number of carbonyl (C=O) groups excluding carboxylic acids is 2. The van der Waals surface area contributed by atoms with Crippen molar-refractivity contribution in [3.05, 3.63) is 75.7 Å². The Morgan fingerprint density at radius 2 is 1.86 bits per heavy atom. The average molecular weight is 377 g/mol. The number of aryl methyl sites for hydroxylation is 1. The van der Waals surface area contributed by atoms with Crippen molar-refractivity contribution in [3.63, 3.8) is 0 Å². The topological polar surface area (TPSA) is 101 Å². The summed E-state index contributed by atoms with van der Waals surface area (Å²) in [4.78, 5) is 36.5. The number of H-pyrrole nitrogens is 1. The molecule has 1 heterocycles. The zero-order chi connectivity index (χ0) is 19.5. The molecule has 1 amide bonds. The Labute approximate surface area is 160 Å². The monoisotopic (exact) mass is 377 g/mol. The molecule has 1 atom stereocenters. The molecule has 0 bridgehead atoms. The average Bonchev–Trinajstić information content (AvgIpc) is 2.73. The first-order valence-electron chi connectivity index (χ1n) is 9.15. The van der Waals surface area contributed by atoms with Crippen LogP contribution in [0.15, 0.2) is 53.3 Å². The Morgan fingerprint density at radius 3 is 2.71 bits per heavy atom. The lowest BCUT2D eigenvalue weighted by molar-refractivity contribution is -0.125. The van der Waals surface area contributed by atoms with Crippen molar-refractivity contribution < 1.29 is 14.3 Å². The molecule has 4 rings (SSSR count). The van der Waals surface area contributed by atoms with Crippen LogP contribution in [0.5, 0.6) is 0 Å². The SMILES string of the molecule is O=C(COC(=O)c1n[nH]c(=O)c2ccccc12)N[C@@H]1CCCc2ccccc21. The summed E-state index contributed by atoms with van der Waals surface area (Å²) in [6, 6.07) is 14.6. The number of esters is 1. The summed E-state index contributed by atoms with van der Waals surface area (Å²) in [6.45, 7) is -0.410. The minimum absolute atomic E-state index is 0.0222. The summed E-state index contributed by atoms with van der Waals surface area (Å²) in [5.41, 5.74) is 1.94. The molecule has 0 radical (unpaired) electrons. The van der Waals surface area contributed by atoms with Gasteiger partial charge in [0, 0.05) is 5.39 Å². The normalized spacial score (nSPS) is 15.6. The first kappa shape index (κ1) is 17.9. The summed E-state index contributed by atoms with van der Waals surface area (Å²) in [5, 5.41) is 9.73. The van der Waals surface area contributed by atoms with Crippen LogP contribution in [0.3, 0.4) is 0 Å². The van der Waals surface area contributed by atoms with Crippen LogP contribution in [-0.2, 0) is 16.0 Å². The zero-order valence-corrected chi connectivity index (χ0v) is 15.1. The largest absolute Gasteiger partial charge is 0.451 e. The zero-order valence-electron chi connectivity index (χ0n) is 15.1. The second kappa shape index (κ2) is 7.64. The molecule has 2 N–H and O–H groups in total. The summed E-state index contributed by atoms with van der Waals surface area (Å²) in [7, 11) is 0. The van der Waals surface area contributed by atoms with Crippen LogP contribution in [0.1, 0.15) is 40.5 Å². The standard InChI is InChI=1S/C21H19N3O4/c25-18(22-17-11-5-7-13-6-1-2-8-14(13)17)12-28-21(27)19-15-9-3-4-10-16(15)20(26)24-23-19/h1-4,6,8-10,17H,5,7,11-12H2,(H,22,25)(H,24,26)/t17-/m1/s1. The van der Waals surface area contributed by atoms with Crippen LogP contribution >= 0.6 is 0 Å². The lowest BCUT2D eigenvalue weighted by Gasteiger charge is -2.26. The molecule has 28 heavy (non-hydrogen) atoms. The molecule has 0 spiro atoms. The molecule has 3 aromatic rings. The first-order valence-corrected chi connectivity index (χ1v) is 9.15. The van der Waals surface area contributed by atoms with Crippen molar-refractivity contribution in [1.82, 2.24) is 15.5 Å². The van der Waals surface area contributed by atoms with E-state index in [1.807, 2.05) is 18.2 Å². The van der Waals surface area contributed by atoms with Gasteiger partial charge in [-0.2, -0.15) is 5.10 Å². The number of ether oxygens (including phenoxy) is 1. The van der Waals surface area contributed by atoms with Gasteiger partial charge in [0.05, 0.1) is 11.4 Å². The van der Waals surface area contributed by atoms with Crippen molar-refractivity contribution in [1.29, 1.82) is 0 Å². The molecule has 7 heteroatoms. The lowest BCUT2D eigenvalue weighted by Crippen LogP contribution is -2.34. The Balaban J connectivity index is 1.43. The number of amides is 1. The maximum Gasteiger partial charge on any atom is 0.359 e. The van der Waals surface area contributed by atoms with E-state index >= 15 is 0 Å². The van der Waals surface area contributed by atoms with Gasteiger partial charge in [-0.3, -0.25) is 9.59 Å². The number of hydrogen-bond acceptors (Lipinski definition) is 5. The number of carbonyl (C=O) groups is 2. The van der Waals surface area contributed by atoms with Crippen molar-refractivity contribution >= 4 is 22.6 Å². The molecule has 0 fully saturated rings. The van der Waals surface area contributed by atoms with Gasteiger partial charge >= 0.3 is 5.97 Å². The summed E-state index contributed by atoms with van der Waals surface area (Å²) in [6.07, 6.45) is 2.85. The predicted octanol–water partition coefficient (Wildman–Crippen LogP) is 2.27. The Hall–Kier alpha value is -3.48. The highest BCUT2D eigenvalue weighted by atomic mass is 16.5. The van der Waals surface area contributed by atoms with E-state index in [-0.39, 0.29) is 23.2 Å². The van der Waals surface area contributed by atoms with Gasteiger partial charge in [-0.1, -0.05) is 42.5 Å². The van der Waals surface area contributed by atoms with Gasteiger partial charge in [0.1, 0.15) is 0 Å². The smallest absolute Gasteiger partial charge is 0.359 e. The number of nitrogens with one attached hydrogen (secondary N) is 2. The molecule has 7 nitrogen and oxygen atoms in total. The summed E-state index contributed by atoms with van der Waals surface area (Å²) >= 11 is 0. The van der Waals surface area contributed by atoms with Gasteiger partial charge in [0.2, 0.25) is 0 Å².